The average Bonchev–Trinajstić information content (AvgIpc) is 2.76. The number of carbonyl (C=O) groups is 1. The van der Waals surface area contributed by atoms with Gasteiger partial charge in [-0.2, -0.15) is 4.98 Å². The van der Waals surface area contributed by atoms with Gasteiger partial charge >= 0.3 is 0 Å². The molecular weight excluding hydrogens is 266 g/mol. The van der Waals surface area contributed by atoms with Crippen LogP contribution in [0.3, 0.4) is 0 Å². The Kier molecular flexibility index (Phi) is 4.98. The normalized spacial score (nSPS) is 17.0. The molecule has 0 fully saturated rings. The maximum Gasteiger partial charge on any atom is 0.223 e. The summed E-state index contributed by atoms with van der Waals surface area (Å²) in [6.45, 7) is 4.65. The van der Waals surface area contributed by atoms with Crippen LogP contribution < -0.4 is 11.5 Å². The van der Waals surface area contributed by atoms with Crippen LogP contribution in [0.4, 0.5) is 11.8 Å². The van der Waals surface area contributed by atoms with Gasteiger partial charge in [-0.3, -0.25) is 4.79 Å². The van der Waals surface area contributed by atoms with Crippen LogP contribution in [-0.4, -0.2) is 20.8 Å². The van der Waals surface area contributed by atoms with Crippen LogP contribution in [0.5, 0.6) is 0 Å². The summed E-state index contributed by atoms with van der Waals surface area (Å²) in [5.41, 5.74) is 13.2. The molecule has 6 heteroatoms. The van der Waals surface area contributed by atoms with Gasteiger partial charge in [0.15, 0.2) is 0 Å². The number of anilines is 2. The maximum atomic E-state index is 12.4. The lowest BCUT2D eigenvalue weighted by molar-refractivity contribution is -0.133. The first kappa shape index (κ1) is 15.5. The van der Waals surface area contributed by atoms with E-state index in [0.29, 0.717) is 18.8 Å². The smallest absolute Gasteiger partial charge is 0.223 e. The van der Waals surface area contributed by atoms with Gasteiger partial charge in [0.05, 0.1) is 18.3 Å². The van der Waals surface area contributed by atoms with Crippen LogP contribution in [0.1, 0.15) is 69.7 Å². The molecule has 1 aromatic heterocycles. The summed E-state index contributed by atoms with van der Waals surface area (Å²) in [6, 6.07) is -0.0734. The molecule has 4 N–H and O–H groups in total. The largest absolute Gasteiger partial charge is 0.383 e. The van der Waals surface area contributed by atoms with E-state index >= 15 is 0 Å². The van der Waals surface area contributed by atoms with Crippen LogP contribution in [0, 0.1) is 0 Å². The van der Waals surface area contributed by atoms with E-state index in [0.717, 1.165) is 24.1 Å². The van der Waals surface area contributed by atoms with Crippen molar-refractivity contribution in [2.45, 2.75) is 65.0 Å². The number of nitrogen functional groups attached to an aromatic ring is 2. The lowest BCUT2D eigenvalue weighted by Crippen LogP contribution is -2.28. The summed E-state index contributed by atoms with van der Waals surface area (Å²) in [7, 11) is 0. The summed E-state index contributed by atoms with van der Waals surface area (Å²) < 4.78 is 0. The molecular formula is C15H25N5O. The van der Waals surface area contributed by atoms with Crippen LogP contribution in [0.15, 0.2) is 0 Å². The molecule has 2 rings (SSSR count). The molecule has 1 amide bonds. The molecule has 1 atom stereocenters. The highest BCUT2D eigenvalue weighted by molar-refractivity contribution is 5.78. The van der Waals surface area contributed by atoms with E-state index in [1.54, 1.807) is 0 Å². The number of hydrogen-bond donors (Lipinski definition) is 2. The van der Waals surface area contributed by atoms with Crippen LogP contribution in [0.25, 0.3) is 0 Å². The fraction of sp³-hybridized carbons (Fsp3) is 0.667. The van der Waals surface area contributed by atoms with Crippen molar-refractivity contribution in [2.75, 3.05) is 11.5 Å². The monoisotopic (exact) mass is 291 g/mol. The van der Waals surface area contributed by atoms with Crippen molar-refractivity contribution in [3.05, 3.63) is 11.3 Å². The lowest BCUT2D eigenvalue weighted by Gasteiger charge is -2.21. The highest BCUT2D eigenvalue weighted by Gasteiger charge is 2.33. The molecule has 2 heterocycles. The molecule has 0 unspecified atom stereocenters. The first-order valence-electron chi connectivity index (χ1n) is 7.75. The third-order valence-corrected chi connectivity index (χ3v) is 4.09. The summed E-state index contributed by atoms with van der Waals surface area (Å²) in [5, 5.41) is 0. The molecule has 0 aliphatic carbocycles. The number of aromatic nitrogens is 2. The van der Waals surface area contributed by atoms with E-state index in [9.17, 15) is 4.79 Å². The number of unbranched alkanes of at least 4 members (excludes halogenated alkanes) is 4. The fourth-order valence-corrected chi connectivity index (χ4v) is 2.83. The van der Waals surface area contributed by atoms with Crippen molar-refractivity contribution in [2.24, 2.45) is 0 Å². The van der Waals surface area contributed by atoms with Gasteiger partial charge in [0.2, 0.25) is 11.9 Å². The second kappa shape index (κ2) is 6.74. The first-order chi connectivity index (χ1) is 10.0. The molecule has 0 saturated heterocycles. The number of carbonyl (C=O) groups excluding carboxylic acids is 1. The molecule has 0 spiro atoms. The minimum atomic E-state index is -0.0734. The van der Waals surface area contributed by atoms with Gasteiger partial charge in [0.25, 0.3) is 0 Å². The maximum absolute atomic E-state index is 12.4. The van der Waals surface area contributed by atoms with Crippen molar-refractivity contribution in [3.8, 4) is 0 Å². The van der Waals surface area contributed by atoms with Gasteiger partial charge in [0.1, 0.15) is 5.82 Å². The predicted molar refractivity (Wildman–Crippen MR) is 83.2 cm³/mol. The summed E-state index contributed by atoms with van der Waals surface area (Å²) in [6.07, 6.45) is 6.31. The summed E-state index contributed by atoms with van der Waals surface area (Å²) in [5.74, 6) is 0.726. The minimum Gasteiger partial charge on any atom is -0.383 e. The molecule has 1 aromatic rings. The van der Waals surface area contributed by atoms with E-state index in [4.69, 9.17) is 11.5 Å². The standard InChI is InChI=1S/C15H25N5O/c1-3-4-5-6-7-8-12(21)20-9-11-13(10(20)2)18-15(17)19-14(11)16/h10H,3-9H2,1-2H3,(H4,16,17,18,19)/t10-/m1/s1. The molecule has 1 aliphatic heterocycles. The summed E-state index contributed by atoms with van der Waals surface area (Å²) >= 11 is 0. The number of nitrogens with two attached hydrogens (primary N) is 2. The number of nitrogens with zero attached hydrogens (tertiary/aromatic N) is 3. The van der Waals surface area contributed by atoms with E-state index in [2.05, 4.69) is 16.9 Å². The molecule has 1 aliphatic rings. The van der Waals surface area contributed by atoms with Gasteiger partial charge in [0, 0.05) is 12.0 Å². The van der Waals surface area contributed by atoms with Gasteiger partial charge in [-0.25, -0.2) is 4.98 Å². The predicted octanol–water partition coefficient (Wildman–Crippen LogP) is 2.40. The Morgan fingerprint density at radius 1 is 1.24 bits per heavy atom. The average molecular weight is 291 g/mol. The highest BCUT2D eigenvalue weighted by Crippen LogP contribution is 2.35. The van der Waals surface area contributed by atoms with Crippen molar-refractivity contribution >= 4 is 17.7 Å². The van der Waals surface area contributed by atoms with Crippen LogP contribution >= 0.6 is 0 Å². The number of amides is 1. The van der Waals surface area contributed by atoms with Gasteiger partial charge in [-0.1, -0.05) is 32.6 Å². The van der Waals surface area contributed by atoms with Crippen molar-refractivity contribution in [1.82, 2.24) is 14.9 Å². The molecule has 0 aromatic carbocycles. The van der Waals surface area contributed by atoms with E-state index in [-0.39, 0.29) is 17.9 Å². The molecule has 0 saturated carbocycles. The van der Waals surface area contributed by atoms with E-state index < -0.39 is 0 Å². The van der Waals surface area contributed by atoms with Crippen molar-refractivity contribution in [3.63, 3.8) is 0 Å². The van der Waals surface area contributed by atoms with Crippen molar-refractivity contribution in [1.29, 1.82) is 0 Å². The fourth-order valence-electron chi connectivity index (χ4n) is 2.83. The molecule has 21 heavy (non-hydrogen) atoms. The second-order valence-electron chi connectivity index (χ2n) is 5.69. The lowest BCUT2D eigenvalue weighted by atomic mass is 10.1. The third-order valence-electron chi connectivity index (χ3n) is 4.09. The SMILES string of the molecule is CCCCCCCC(=O)N1Cc2c(N)nc(N)nc2[C@H]1C. The topological polar surface area (TPSA) is 98.1 Å². The zero-order valence-corrected chi connectivity index (χ0v) is 12.9. The molecule has 0 radical (unpaired) electrons. The number of fused-ring (bicyclic) bond motifs is 1. The van der Waals surface area contributed by atoms with Crippen LogP contribution in [-0.2, 0) is 11.3 Å². The Balaban J connectivity index is 1.94. The first-order valence-corrected chi connectivity index (χ1v) is 7.75. The minimum absolute atomic E-state index is 0.0734. The quantitative estimate of drug-likeness (QED) is 0.784. The molecule has 6 nitrogen and oxygen atoms in total. The Labute approximate surface area is 125 Å². The van der Waals surface area contributed by atoms with Gasteiger partial charge < -0.3 is 16.4 Å². The number of hydrogen-bond acceptors (Lipinski definition) is 5. The zero-order valence-electron chi connectivity index (χ0n) is 12.9. The van der Waals surface area contributed by atoms with Crippen molar-refractivity contribution < 1.29 is 4.79 Å². The van der Waals surface area contributed by atoms with Gasteiger partial charge in [-0.15, -0.1) is 0 Å². The Hall–Kier alpha value is -1.85. The van der Waals surface area contributed by atoms with E-state index in [1.807, 2.05) is 11.8 Å². The Bertz CT molecular complexity index is 517. The Morgan fingerprint density at radius 3 is 2.67 bits per heavy atom. The highest BCUT2D eigenvalue weighted by atomic mass is 16.2. The van der Waals surface area contributed by atoms with Crippen LogP contribution in [0.2, 0.25) is 0 Å². The zero-order chi connectivity index (χ0) is 15.4. The molecule has 0 bridgehead atoms. The number of rotatable bonds is 6. The van der Waals surface area contributed by atoms with Gasteiger partial charge in [-0.05, 0) is 13.3 Å². The molecule has 116 valence electrons. The Morgan fingerprint density at radius 2 is 1.95 bits per heavy atom. The summed E-state index contributed by atoms with van der Waals surface area (Å²) in [4.78, 5) is 22.4. The third kappa shape index (κ3) is 3.43. The van der Waals surface area contributed by atoms with E-state index in [1.165, 1.54) is 19.3 Å². The second-order valence-corrected chi connectivity index (χ2v) is 5.69.